The van der Waals surface area contributed by atoms with E-state index in [1.807, 2.05) is 0 Å². The van der Waals surface area contributed by atoms with E-state index in [0.29, 0.717) is 12.8 Å². The van der Waals surface area contributed by atoms with Crippen LogP contribution in [0.25, 0.3) is 0 Å². The van der Waals surface area contributed by atoms with Crippen molar-refractivity contribution in [1.29, 1.82) is 0 Å². The van der Waals surface area contributed by atoms with Crippen LogP contribution in [0.2, 0.25) is 0 Å². The highest BCUT2D eigenvalue weighted by atomic mass is 16.6. The lowest BCUT2D eigenvalue weighted by molar-refractivity contribution is 0.0506. The average molecular weight is 207 g/mol. The molecule has 1 N–H and O–H groups in total. The van der Waals surface area contributed by atoms with Crippen LogP contribution < -0.4 is 5.32 Å². The maximum Gasteiger partial charge on any atom is 0.407 e. The number of nitrogens with one attached hydrogen (secondary N) is 1. The topological polar surface area (TPSA) is 38.3 Å². The lowest BCUT2D eigenvalue weighted by Crippen LogP contribution is -2.38. The number of hydrogen-bond acceptors (Lipinski definition) is 2. The molecule has 3 heteroatoms. The first-order valence-electron chi connectivity index (χ1n) is 4.75. The zero-order chi connectivity index (χ0) is 11.9. The number of amides is 1. The van der Waals surface area contributed by atoms with Gasteiger partial charge in [0, 0.05) is 12.8 Å². The Balaban J connectivity index is 4.13. The number of rotatable bonds is 3. The van der Waals surface area contributed by atoms with Crippen LogP contribution in [0.1, 0.15) is 33.6 Å². The standard InChI is InChI=1S/C12H17NO2/c1-6-8-10(9-7-2)13-11(14)15-12(3,4)5/h1-2,10H,8-9H2,3-5H3,(H,13,14). The van der Waals surface area contributed by atoms with Gasteiger partial charge in [-0.2, -0.15) is 0 Å². The molecular formula is C12H17NO2. The Morgan fingerprint density at radius 1 is 1.33 bits per heavy atom. The molecule has 3 nitrogen and oxygen atoms in total. The summed E-state index contributed by atoms with van der Waals surface area (Å²) < 4.78 is 5.07. The number of carbonyl (C=O) groups is 1. The van der Waals surface area contributed by atoms with E-state index in [0.717, 1.165) is 0 Å². The fourth-order valence-electron chi connectivity index (χ4n) is 0.933. The van der Waals surface area contributed by atoms with Gasteiger partial charge in [-0.15, -0.1) is 24.7 Å². The lowest BCUT2D eigenvalue weighted by Gasteiger charge is -2.22. The van der Waals surface area contributed by atoms with Crippen molar-refractivity contribution >= 4 is 6.09 Å². The van der Waals surface area contributed by atoms with Gasteiger partial charge in [-0.3, -0.25) is 0 Å². The third-order valence-electron chi connectivity index (χ3n) is 1.45. The van der Waals surface area contributed by atoms with Crippen LogP contribution in [0.5, 0.6) is 0 Å². The molecule has 0 aromatic rings. The van der Waals surface area contributed by atoms with Crippen LogP contribution in [-0.4, -0.2) is 17.7 Å². The van der Waals surface area contributed by atoms with Gasteiger partial charge in [-0.25, -0.2) is 4.79 Å². The number of terminal acetylenes is 2. The maximum absolute atomic E-state index is 11.3. The summed E-state index contributed by atoms with van der Waals surface area (Å²) in [4.78, 5) is 11.3. The zero-order valence-electron chi connectivity index (χ0n) is 9.46. The molecule has 0 aliphatic carbocycles. The number of carbonyl (C=O) groups excluding carboxylic acids is 1. The predicted octanol–water partition coefficient (Wildman–Crippen LogP) is 1.93. The molecule has 0 rings (SSSR count). The SMILES string of the molecule is C#CCC(CC#C)NC(=O)OC(C)(C)C. The molecule has 0 unspecified atom stereocenters. The van der Waals surface area contributed by atoms with Crippen LogP contribution >= 0.6 is 0 Å². The molecule has 0 saturated heterocycles. The highest BCUT2D eigenvalue weighted by molar-refractivity contribution is 5.68. The Bertz CT molecular complexity index is 272. The molecule has 0 heterocycles. The summed E-state index contributed by atoms with van der Waals surface area (Å²) in [5.74, 6) is 4.91. The van der Waals surface area contributed by atoms with Gasteiger partial charge in [0.25, 0.3) is 0 Å². The first kappa shape index (κ1) is 13.4. The molecule has 0 atom stereocenters. The van der Waals surface area contributed by atoms with Gasteiger partial charge in [-0.1, -0.05) is 0 Å². The van der Waals surface area contributed by atoms with Crippen molar-refractivity contribution in [3.63, 3.8) is 0 Å². The van der Waals surface area contributed by atoms with Crippen LogP contribution in [0.15, 0.2) is 0 Å². The van der Waals surface area contributed by atoms with Crippen LogP contribution in [0, 0.1) is 24.7 Å². The summed E-state index contributed by atoms with van der Waals surface area (Å²) >= 11 is 0. The summed E-state index contributed by atoms with van der Waals surface area (Å²) in [6, 6.07) is -0.213. The number of alkyl carbamates (subject to hydrolysis) is 1. The minimum absolute atomic E-state index is 0.213. The molecule has 0 aromatic carbocycles. The third-order valence-corrected chi connectivity index (χ3v) is 1.45. The van der Waals surface area contributed by atoms with Crippen molar-refractivity contribution in [2.75, 3.05) is 0 Å². The lowest BCUT2D eigenvalue weighted by atomic mass is 10.1. The quantitative estimate of drug-likeness (QED) is 0.718. The van der Waals surface area contributed by atoms with Crippen LogP contribution in [0.4, 0.5) is 4.79 Å². The van der Waals surface area contributed by atoms with Gasteiger partial charge in [0.1, 0.15) is 5.60 Å². The maximum atomic E-state index is 11.3. The summed E-state index contributed by atoms with van der Waals surface area (Å²) in [6.45, 7) is 5.39. The predicted molar refractivity (Wildman–Crippen MR) is 60.1 cm³/mol. The molecule has 0 fully saturated rings. The molecule has 0 spiro atoms. The third kappa shape index (κ3) is 7.46. The van der Waals surface area contributed by atoms with Crippen LogP contribution in [0.3, 0.4) is 0 Å². The van der Waals surface area contributed by atoms with E-state index >= 15 is 0 Å². The molecule has 0 aromatic heterocycles. The van der Waals surface area contributed by atoms with E-state index < -0.39 is 11.7 Å². The smallest absolute Gasteiger partial charge is 0.407 e. The molecular weight excluding hydrogens is 190 g/mol. The highest BCUT2D eigenvalue weighted by Gasteiger charge is 2.18. The molecule has 0 bridgehead atoms. The summed E-state index contributed by atoms with van der Waals surface area (Å²) in [7, 11) is 0. The Morgan fingerprint density at radius 3 is 2.13 bits per heavy atom. The van der Waals surface area contributed by atoms with Gasteiger partial charge in [0.05, 0.1) is 6.04 Å². The van der Waals surface area contributed by atoms with E-state index in [9.17, 15) is 4.79 Å². The van der Waals surface area contributed by atoms with E-state index in [1.165, 1.54) is 0 Å². The summed E-state index contributed by atoms with van der Waals surface area (Å²) in [5, 5.41) is 2.63. The van der Waals surface area contributed by atoms with Crippen molar-refractivity contribution in [3.05, 3.63) is 0 Å². The first-order chi connectivity index (χ1) is 6.89. The normalized spacial score (nSPS) is 10.3. The van der Waals surface area contributed by atoms with Crippen LogP contribution in [-0.2, 0) is 4.74 Å². The molecule has 0 aliphatic heterocycles. The second-order valence-corrected chi connectivity index (χ2v) is 4.16. The van der Waals surface area contributed by atoms with E-state index in [2.05, 4.69) is 17.2 Å². The van der Waals surface area contributed by atoms with Crippen molar-refractivity contribution < 1.29 is 9.53 Å². The largest absolute Gasteiger partial charge is 0.444 e. The fourth-order valence-corrected chi connectivity index (χ4v) is 0.933. The van der Waals surface area contributed by atoms with Crippen molar-refractivity contribution in [3.8, 4) is 24.7 Å². The first-order valence-corrected chi connectivity index (χ1v) is 4.75. The Morgan fingerprint density at radius 2 is 1.80 bits per heavy atom. The molecule has 0 aliphatic rings. The minimum Gasteiger partial charge on any atom is -0.444 e. The Kier molecular flexibility index (Phi) is 5.34. The van der Waals surface area contributed by atoms with Crippen molar-refractivity contribution in [1.82, 2.24) is 5.32 Å². The molecule has 1 amide bonds. The molecule has 82 valence electrons. The summed E-state index contributed by atoms with van der Waals surface area (Å²) in [6.07, 6.45) is 10.6. The zero-order valence-corrected chi connectivity index (χ0v) is 9.46. The fraction of sp³-hybridized carbons (Fsp3) is 0.583. The van der Waals surface area contributed by atoms with Gasteiger partial charge in [0.15, 0.2) is 0 Å². The van der Waals surface area contributed by atoms with E-state index in [-0.39, 0.29) is 6.04 Å². The van der Waals surface area contributed by atoms with Gasteiger partial charge in [0.2, 0.25) is 0 Å². The summed E-state index contributed by atoms with van der Waals surface area (Å²) in [5.41, 5.74) is -0.513. The minimum atomic E-state index is -0.513. The monoisotopic (exact) mass is 207 g/mol. The van der Waals surface area contributed by atoms with Gasteiger partial charge >= 0.3 is 6.09 Å². The second kappa shape index (κ2) is 5.98. The average Bonchev–Trinajstić information content (AvgIpc) is 2.00. The number of ether oxygens (including phenoxy) is 1. The van der Waals surface area contributed by atoms with Crippen molar-refractivity contribution in [2.45, 2.75) is 45.3 Å². The molecule has 0 saturated carbocycles. The Labute approximate surface area is 91.6 Å². The second-order valence-electron chi connectivity index (χ2n) is 4.16. The highest BCUT2D eigenvalue weighted by Crippen LogP contribution is 2.07. The van der Waals surface area contributed by atoms with Crippen molar-refractivity contribution in [2.24, 2.45) is 0 Å². The van der Waals surface area contributed by atoms with E-state index in [4.69, 9.17) is 17.6 Å². The van der Waals surface area contributed by atoms with E-state index in [1.54, 1.807) is 20.8 Å². The van der Waals surface area contributed by atoms with Gasteiger partial charge in [-0.05, 0) is 20.8 Å². The molecule has 15 heavy (non-hydrogen) atoms. The van der Waals surface area contributed by atoms with Gasteiger partial charge < -0.3 is 10.1 Å². The Hall–Kier alpha value is -1.61. The molecule has 0 radical (unpaired) electrons. The number of hydrogen-bond donors (Lipinski definition) is 1.